The Hall–Kier alpha value is -6.51. The van der Waals surface area contributed by atoms with Gasteiger partial charge in [0.2, 0.25) is 11.8 Å². The van der Waals surface area contributed by atoms with Gasteiger partial charge in [-0.15, -0.1) is 11.3 Å². The average Bonchev–Trinajstić information content (AvgIpc) is 4.08. The topological polar surface area (TPSA) is 149 Å². The third kappa shape index (κ3) is 10.3. The molecule has 8 rings (SSSR count). The Balaban J connectivity index is 0.774. The van der Waals surface area contributed by atoms with Crippen LogP contribution in [0.15, 0.2) is 90.4 Å². The standard InChI is InChI=1S/C54H59N7O7S2/c1-33(2)47(51(65)58-31-42(62)28-46(58)49(63)56-29-37-11-14-38(15-12-37)48-35(4)57-32-70-48)59-30-39-27-36(13-21-44(39)50(59)64)10-8-9-23-67-24-25-68-43-19-16-40(17-20-43)61-53(69)60(52(66)54(61,5)6)41-18-22-45(55-7)34(3)26-41/h11-22,26-27,32-33,42,46-47,62H,8-10,23-25,28-31H2,1-6H3,(H,56,63)/t42-,46+,47+/m1/s1. The molecular weight excluding hydrogens is 923 g/mol. The van der Waals surface area contributed by atoms with Gasteiger partial charge in [0.25, 0.3) is 11.8 Å². The number of benzene rings is 4. The van der Waals surface area contributed by atoms with Gasteiger partial charge in [0, 0.05) is 49.6 Å². The lowest BCUT2D eigenvalue weighted by Gasteiger charge is -2.35. The number of fused-ring (bicyclic) bond motifs is 1. The minimum atomic E-state index is -0.925. The van der Waals surface area contributed by atoms with E-state index in [-0.39, 0.29) is 55.6 Å². The molecule has 0 radical (unpaired) electrons. The average molecular weight is 982 g/mol. The monoisotopic (exact) mass is 981 g/mol. The van der Waals surface area contributed by atoms with Gasteiger partial charge in [-0.25, -0.2) is 9.83 Å². The fourth-order valence-electron chi connectivity index (χ4n) is 9.60. The van der Waals surface area contributed by atoms with Crippen molar-refractivity contribution in [2.75, 3.05) is 36.2 Å². The SMILES string of the molecule is [C-]#[N+]c1ccc(N2C(=O)C(C)(C)N(c3ccc(OCCOCCCCc4ccc5c(c4)CN([C@H](C(=O)N4C[C@H](O)C[C@H]4C(=O)NCc4ccc(-c6scnc6C)cc4)C(C)C)C5=O)cc3)C2=S)cc1C. The van der Waals surface area contributed by atoms with Crippen LogP contribution in [-0.4, -0.2) is 98.7 Å². The number of rotatable bonds is 18. The van der Waals surface area contributed by atoms with Crippen molar-refractivity contribution in [1.29, 1.82) is 0 Å². The fraction of sp³-hybridized carbons (Fsp3) is 0.389. The van der Waals surface area contributed by atoms with Crippen LogP contribution >= 0.6 is 23.6 Å². The van der Waals surface area contributed by atoms with Crippen LogP contribution in [0.3, 0.4) is 0 Å². The Morgan fingerprint density at radius 1 is 0.957 bits per heavy atom. The number of thiazole rings is 1. The van der Waals surface area contributed by atoms with Gasteiger partial charge in [0.15, 0.2) is 10.8 Å². The van der Waals surface area contributed by atoms with E-state index in [0.717, 1.165) is 63.3 Å². The molecule has 5 aromatic rings. The van der Waals surface area contributed by atoms with Crippen molar-refractivity contribution in [2.24, 2.45) is 5.92 Å². The number of hydrogen-bond donors (Lipinski definition) is 2. The number of β-amino-alcohol motifs (C(OH)–C–C–N with tert-alkyl or cyclic N) is 1. The Labute approximate surface area is 419 Å². The predicted molar refractivity (Wildman–Crippen MR) is 275 cm³/mol. The first-order valence-electron chi connectivity index (χ1n) is 23.7. The van der Waals surface area contributed by atoms with Gasteiger partial charge in [-0.1, -0.05) is 56.3 Å². The molecule has 2 fully saturated rings. The summed E-state index contributed by atoms with van der Waals surface area (Å²) in [5, 5.41) is 14.0. The molecule has 14 nitrogen and oxygen atoms in total. The van der Waals surface area contributed by atoms with Gasteiger partial charge < -0.3 is 34.6 Å². The van der Waals surface area contributed by atoms with Crippen molar-refractivity contribution in [1.82, 2.24) is 20.1 Å². The quantitative estimate of drug-likeness (QED) is 0.0497. The van der Waals surface area contributed by atoms with Crippen molar-refractivity contribution in [3.63, 3.8) is 0 Å². The summed E-state index contributed by atoms with van der Waals surface area (Å²) in [6, 6.07) is 24.9. The number of aromatic nitrogens is 1. The Morgan fingerprint density at radius 2 is 1.69 bits per heavy atom. The molecule has 4 aromatic carbocycles. The second-order valence-electron chi connectivity index (χ2n) is 19.0. The van der Waals surface area contributed by atoms with Crippen LogP contribution in [0, 0.1) is 26.3 Å². The maximum absolute atomic E-state index is 14.3. The van der Waals surface area contributed by atoms with Crippen LogP contribution in [0.5, 0.6) is 5.75 Å². The molecule has 3 aliphatic heterocycles. The Morgan fingerprint density at radius 3 is 2.37 bits per heavy atom. The summed E-state index contributed by atoms with van der Waals surface area (Å²) in [7, 11) is 0. The molecule has 3 atom stereocenters. The molecule has 70 heavy (non-hydrogen) atoms. The minimum Gasteiger partial charge on any atom is -0.491 e. The van der Waals surface area contributed by atoms with Crippen molar-refractivity contribution in [3.8, 4) is 16.2 Å². The summed E-state index contributed by atoms with van der Waals surface area (Å²) < 4.78 is 11.8. The third-order valence-electron chi connectivity index (χ3n) is 13.3. The third-order valence-corrected chi connectivity index (χ3v) is 14.7. The summed E-state index contributed by atoms with van der Waals surface area (Å²) in [6.45, 7) is 20.6. The number of carbonyl (C=O) groups excluding carboxylic acids is 4. The summed E-state index contributed by atoms with van der Waals surface area (Å²) >= 11 is 7.41. The number of hydrogen-bond acceptors (Lipinski definition) is 10. The molecule has 3 aliphatic rings. The number of likely N-dealkylation sites (tertiary alicyclic amines) is 1. The zero-order valence-corrected chi connectivity index (χ0v) is 42.1. The molecule has 2 N–H and O–H groups in total. The van der Waals surface area contributed by atoms with Gasteiger partial charge in [0.1, 0.15) is 30.0 Å². The normalized spacial score (nSPS) is 17.9. The zero-order valence-electron chi connectivity index (χ0n) is 40.4. The van der Waals surface area contributed by atoms with E-state index in [2.05, 4.69) is 21.2 Å². The van der Waals surface area contributed by atoms with Gasteiger partial charge in [0.05, 0.1) is 35.4 Å². The molecule has 4 heterocycles. The first kappa shape index (κ1) is 49.9. The summed E-state index contributed by atoms with van der Waals surface area (Å²) in [4.78, 5) is 70.8. The number of aliphatic hydroxyl groups is 1. The number of aliphatic hydroxyl groups excluding tert-OH is 1. The van der Waals surface area contributed by atoms with Gasteiger partial charge in [-0.2, -0.15) is 0 Å². The molecule has 0 aliphatic carbocycles. The van der Waals surface area contributed by atoms with Crippen LogP contribution in [0.1, 0.15) is 85.3 Å². The Kier molecular flexibility index (Phi) is 15.1. The summed E-state index contributed by atoms with van der Waals surface area (Å²) in [5.74, 6) is -0.606. The first-order valence-corrected chi connectivity index (χ1v) is 25.0. The largest absolute Gasteiger partial charge is 0.491 e. The van der Waals surface area contributed by atoms with Crippen molar-refractivity contribution < 1.29 is 33.8 Å². The fourth-order valence-corrected chi connectivity index (χ4v) is 10.9. The maximum Gasteiger partial charge on any atom is 0.259 e. The highest BCUT2D eigenvalue weighted by Gasteiger charge is 2.50. The molecule has 2 saturated heterocycles. The summed E-state index contributed by atoms with van der Waals surface area (Å²) in [5.41, 5.74) is 9.09. The maximum atomic E-state index is 14.3. The molecule has 0 saturated carbocycles. The van der Waals surface area contributed by atoms with E-state index >= 15 is 0 Å². The van der Waals surface area contributed by atoms with Crippen LogP contribution in [0.4, 0.5) is 17.1 Å². The molecule has 0 unspecified atom stereocenters. The van der Waals surface area contributed by atoms with E-state index in [1.165, 1.54) is 9.80 Å². The van der Waals surface area contributed by atoms with Crippen LogP contribution in [0.2, 0.25) is 0 Å². The first-order chi connectivity index (χ1) is 33.6. The predicted octanol–water partition coefficient (Wildman–Crippen LogP) is 8.57. The van der Waals surface area contributed by atoms with Crippen LogP contribution in [0.25, 0.3) is 15.3 Å². The molecule has 0 spiro atoms. The van der Waals surface area contributed by atoms with E-state index < -0.39 is 23.7 Å². The molecule has 0 bridgehead atoms. The smallest absolute Gasteiger partial charge is 0.259 e. The molecular formula is C54H59N7O7S2. The highest BCUT2D eigenvalue weighted by Crippen LogP contribution is 2.38. The van der Waals surface area contributed by atoms with Crippen LogP contribution in [-0.2, 0) is 38.6 Å². The molecule has 364 valence electrons. The number of amides is 4. The van der Waals surface area contributed by atoms with Crippen LogP contribution < -0.4 is 19.9 Å². The second-order valence-corrected chi connectivity index (χ2v) is 20.2. The van der Waals surface area contributed by atoms with E-state index in [9.17, 15) is 24.3 Å². The van der Waals surface area contributed by atoms with E-state index in [1.54, 1.807) is 28.4 Å². The highest BCUT2D eigenvalue weighted by atomic mass is 32.1. The van der Waals surface area contributed by atoms with E-state index in [0.29, 0.717) is 47.6 Å². The second kappa shape index (κ2) is 21.2. The molecule has 1 aromatic heterocycles. The number of ether oxygens (including phenoxy) is 2. The number of aryl methyl sites for hydroxylation is 3. The molecule has 4 amide bonds. The number of nitrogens with one attached hydrogen (secondary N) is 1. The lowest BCUT2D eigenvalue weighted by Crippen LogP contribution is -2.55. The lowest BCUT2D eigenvalue weighted by atomic mass is 10.0. The van der Waals surface area contributed by atoms with Gasteiger partial charge in [-0.3, -0.25) is 24.1 Å². The van der Waals surface area contributed by atoms with Gasteiger partial charge >= 0.3 is 0 Å². The summed E-state index contributed by atoms with van der Waals surface area (Å²) in [6.07, 6.45) is 1.79. The zero-order chi connectivity index (χ0) is 49.9. The Bertz CT molecular complexity index is 2820. The van der Waals surface area contributed by atoms with Crippen molar-refractivity contribution in [2.45, 2.75) is 104 Å². The highest BCUT2D eigenvalue weighted by molar-refractivity contribution is 7.81. The number of nitrogens with zero attached hydrogens (tertiary/aromatic N) is 6. The number of unbranched alkanes of at least 4 members (excludes halogenated alkanes) is 1. The number of thiocarbonyl (C=S) groups is 1. The minimum absolute atomic E-state index is 0.0228. The number of anilines is 2. The van der Waals surface area contributed by atoms with E-state index in [1.807, 2.05) is 119 Å². The number of carbonyl (C=O) groups is 4. The van der Waals surface area contributed by atoms with Gasteiger partial charge in [-0.05, 0) is 135 Å². The molecule has 16 heteroatoms. The van der Waals surface area contributed by atoms with Crippen molar-refractivity contribution in [3.05, 3.63) is 135 Å². The van der Waals surface area contributed by atoms with E-state index in [4.69, 9.17) is 28.3 Å². The van der Waals surface area contributed by atoms with Crippen molar-refractivity contribution >= 4 is 69.4 Å². The lowest BCUT2D eigenvalue weighted by molar-refractivity contribution is -0.143.